The van der Waals surface area contributed by atoms with Crippen molar-refractivity contribution in [1.82, 2.24) is 10.1 Å². The Kier molecular flexibility index (Phi) is 3.54. The summed E-state index contributed by atoms with van der Waals surface area (Å²) in [5.74, 6) is 1.17. The van der Waals surface area contributed by atoms with E-state index in [-0.39, 0.29) is 12.0 Å². The first kappa shape index (κ1) is 12.7. The molecule has 2 heterocycles. The van der Waals surface area contributed by atoms with E-state index in [0.717, 1.165) is 5.56 Å². The Morgan fingerprint density at radius 2 is 2.05 bits per heavy atom. The second kappa shape index (κ2) is 5.32. The number of ether oxygens (including phenoxy) is 1. The summed E-state index contributed by atoms with van der Waals surface area (Å²) in [4.78, 5) is 5.63. The number of nitrogens with two attached hydrogens (primary N) is 1. The van der Waals surface area contributed by atoms with Gasteiger partial charge in [0, 0.05) is 16.5 Å². The fraction of sp³-hybridized carbons (Fsp3) is 0.385. The van der Waals surface area contributed by atoms with Crippen molar-refractivity contribution in [1.29, 1.82) is 0 Å². The molecule has 2 atom stereocenters. The van der Waals surface area contributed by atoms with Gasteiger partial charge < -0.3 is 15.0 Å². The van der Waals surface area contributed by atoms with E-state index in [1.165, 1.54) is 4.90 Å². The lowest BCUT2D eigenvalue weighted by molar-refractivity contribution is 0.187. The van der Waals surface area contributed by atoms with Crippen LogP contribution in [0.15, 0.2) is 33.7 Å². The van der Waals surface area contributed by atoms with Crippen LogP contribution in [0.5, 0.6) is 0 Å². The molecule has 0 saturated carbocycles. The lowest BCUT2D eigenvalue weighted by Crippen LogP contribution is -2.26. The Morgan fingerprint density at radius 3 is 2.68 bits per heavy atom. The lowest BCUT2D eigenvalue weighted by Gasteiger charge is -2.06. The minimum Gasteiger partial charge on any atom is -0.379 e. The van der Waals surface area contributed by atoms with E-state index < -0.39 is 0 Å². The molecular weight excluding hydrogens is 262 g/mol. The molecule has 2 aromatic rings. The standard InChI is InChI=1S/C13H15N3O2S/c1-19-9-4-2-8(3-5-9)12-15-13(18-16-12)10-6-17-7-11(10)14/h2-5,10-11H,6-7,14H2,1H3. The number of hydrogen-bond donors (Lipinski definition) is 1. The normalized spacial score (nSPS) is 22.8. The molecule has 3 rings (SSSR count). The number of nitrogens with zero attached hydrogens (tertiary/aromatic N) is 2. The average Bonchev–Trinajstić information content (AvgIpc) is 3.07. The molecular formula is C13H15N3O2S. The number of thioether (sulfide) groups is 1. The van der Waals surface area contributed by atoms with Crippen LogP contribution in [0.4, 0.5) is 0 Å². The van der Waals surface area contributed by atoms with Crippen LogP contribution in [0, 0.1) is 0 Å². The quantitative estimate of drug-likeness (QED) is 0.864. The van der Waals surface area contributed by atoms with Gasteiger partial charge in [-0.25, -0.2) is 0 Å². The SMILES string of the molecule is CSc1ccc(-c2noc(C3COCC3N)n2)cc1. The molecule has 100 valence electrons. The third-order valence-corrected chi connectivity index (χ3v) is 3.98. The van der Waals surface area contributed by atoms with Crippen molar-refractivity contribution in [3.63, 3.8) is 0 Å². The van der Waals surface area contributed by atoms with E-state index in [4.69, 9.17) is 15.0 Å². The third-order valence-electron chi connectivity index (χ3n) is 3.23. The summed E-state index contributed by atoms with van der Waals surface area (Å²) in [6, 6.07) is 8.00. The minimum absolute atomic E-state index is 0.00622. The first-order valence-electron chi connectivity index (χ1n) is 6.09. The van der Waals surface area contributed by atoms with Gasteiger partial charge >= 0.3 is 0 Å². The predicted octanol–water partition coefficient (Wildman–Crippen LogP) is 1.90. The summed E-state index contributed by atoms with van der Waals surface area (Å²) in [6.07, 6.45) is 2.04. The van der Waals surface area contributed by atoms with Crippen LogP contribution in [0.1, 0.15) is 11.8 Å². The largest absolute Gasteiger partial charge is 0.379 e. The fourth-order valence-electron chi connectivity index (χ4n) is 2.07. The average molecular weight is 277 g/mol. The lowest BCUT2D eigenvalue weighted by atomic mass is 10.1. The van der Waals surface area contributed by atoms with Crippen molar-refractivity contribution in [3.8, 4) is 11.4 Å². The van der Waals surface area contributed by atoms with Gasteiger partial charge in [-0.05, 0) is 30.5 Å². The van der Waals surface area contributed by atoms with Gasteiger partial charge in [0.25, 0.3) is 0 Å². The summed E-state index contributed by atoms with van der Waals surface area (Å²) in [5, 5.41) is 4.02. The van der Waals surface area contributed by atoms with Crippen molar-refractivity contribution in [2.75, 3.05) is 19.5 Å². The van der Waals surface area contributed by atoms with E-state index >= 15 is 0 Å². The highest BCUT2D eigenvalue weighted by molar-refractivity contribution is 7.98. The van der Waals surface area contributed by atoms with E-state index in [0.29, 0.717) is 24.9 Å². The molecule has 1 aliphatic rings. The molecule has 0 bridgehead atoms. The Balaban J connectivity index is 1.83. The molecule has 1 saturated heterocycles. The molecule has 1 aliphatic heterocycles. The summed E-state index contributed by atoms with van der Waals surface area (Å²) in [7, 11) is 0. The summed E-state index contributed by atoms with van der Waals surface area (Å²) < 4.78 is 10.6. The molecule has 2 N–H and O–H groups in total. The zero-order valence-corrected chi connectivity index (χ0v) is 11.4. The first-order chi connectivity index (χ1) is 9.28. The Bertz CT molecular complexity index is 555. The van der Waals surface area contributed by atoms with Crippen molar-refractivity contribution >= 4 is 11.8 Å². The predicted molar refractivity (Wildman–Crippen MR) is 73.1 cm³/mol. The van der Waals surface area contributed by atoms with Gasteiger partial charge in [-0.15, -0.1) is 11.8 Å². The highest BCUT2D eigenvalue weighted by Gasteiger charge is 2.31. The molecule has 5 nitrogen and oxygen atoms in total. The molecule has 2 unspecified atom stereocenters. The van der Waals surface area contributed by atoms with Crippen LogP contribution in [-0.2, 0) is 4.74 Å². The van der Waals surface area contributed by atoms with Crippen molar-refractivity contribution < 1.29 is 9.26 Å². The van der Waals surface area contributed by atoms with Crippen LogP contribution in [-0.4, -0.2) is 35.7 Å². The molecule has 1 aromatic heterocycles. The van der Waals surface area contributed by atoms with Crippen LogP contribution >= 0.6 is 11.8 Å². The van der Waals surface area contributed by atoms with E-state index in [9.17, 15) is 0 Å². The molecule has 0 spiro atoms. The van der Waals surface area contributed by atoms with Crippen molar-refractivity contribution in [2.24, 2.45) is 5.73 Å². The second-order valence-electron chi connectivity index (χ2n) is 4.49. The maximum Gasteiger partial charge on any atom is 0.234 e. The molecule has 1 fully saturated rings. The van der Waals surface area contributed by atoms with Crippen molar-refractivity contribution in [3.05, 3.63) is 30.2 Å². The molecule has 0 aliphatic carbocycles. The monoisotopic (exact) mass is 277 g/mol. The fourth-order valence-corrected chi connectivity index (χ4v) is 2.48. The summed E-state index contributed by atoms with van der Waals surface area (Å²) in [6.45, 7) is 1.10. The van der Waals surface area contributed by atoms with Gasteiger partial charge in [-0.3, -0.25) is 0 Å². The van der Waals surface area contributed by atoms with Gasteiger partial charge in [0.05, 0.1) is 19.1 Å². The number of aromatic nitrogens is 2. The zero-order valence-electron chi connectivity index (χ0n) is 10.6. The van der Waals surface area contributed by atoms with Crippen LogP contribution in [0.25, 0.3) is 11.4 Å². The van der Waals surface area contributed by atoms with Crippen LogP contribution < -0.4 is 5.73 Å². The van der Waals surface area contributed by atoms with Gasteiger partial charge in [0.2, 0.25) is 11.7 Å². The van der Waals surface area contributed by atoms with Gasteiger partial charge in [-0.2, -0.15) is 4.98 Å². The Hall–Kier alpha value is -1.37. The van der Waals surface area contributed by atoms with E-state index in [2.05, 4.69) is 10.1 Å². The van der Waals surface area contributed by atoms with E-state index in [1.54, 1.807) is 11.8 Å². The summed E-state index contributed by atoms with van der Waals surface area (Å²) in [5.41, 5.74) is 6.89. The maximum atomic E-state index is 5.94. The number of hydrogen-bond acceptors (Lipinski definition) is 6. The minimum atomic E-state index is -0.0628. The molecule has 6 heteroatoms. The van der Waals surface area contributed by atoms with E-state index in [1.807, 2.05) is 30.5 Å². The third kappa shape index (κ3) is 2.51. The van der Waals surface area contributed by atoms with Gasteiger partial charge in [-0.1, -0.05) is 5.16 Å². The second-order valence-corrected chi connectivity index (χ2v) is 5.37. The van der Waals surface area contributed by atoms with Crippen molar-refractivity contribution in [2.45, 2.75) is 16.9 Å². The Labute approximate surface area is 115 Å². The maximum absolute atomic E-state index is 5.94. The van der Waals surface area contributed by atoms with Gasteiger partial charge in [0.15, 0.2) is 0 Å². The topological polar surface area (TPSA) is 74.2 Å². The molecule has 1 aromatic carbocycles. The summed E-state index contributed by atoms with van der Waals surface area (Å²) >= 11 is 1.70. The Morgan fingerprint density at radius 1 is 1.26 bits per heavy atom. The number of rotatable bonds is 3. The highest BCUT2D eigenvalue weighted by Crippen LogP contribution is 2.26. The molecule has 19 heavy (non-hydrogen) atoms. The smallest absolute Gasteiger partial charge is 0.234 e. The zero-order chi connectivity index (χ0) is 13.2. The first-order valence-corrected chi connectivity index (χ1v) is 7.32. The van der Waals surface area contributed by atoms with Crippen LogP contribution in [0.2, 0.25) is 0 Å². The van der Waals surface area contributed by atoms with Gasteiger partial charge in [0.1, 0.15) is 0 Å². The molecule has 0 radical (unpaired) electrons. The highest BCUT2D eigenvalue weighted by atomic mass is 32.2. The molecule has 0 amide bonds. The number of benzene rings is 1. The van der Waals surface area contributed by atoms with Crippen LogP contribution in [0.3, 0.4) is 0 Å².